The van der Waals surface area contributed by atoms with Gasteiger partial charge in [-0.2, -0.15) is 5.26 Å². The Bertz CT molecular complexity index is 437. The molecule has 0 unspecified atom stereocenters. The zero-order chi connectivity index (χ0) is 12.7. The fourth-order valence-corrected chi connectivity index (χ4v) is 1.17. The third kappa shape index (κ3) is 4.43. The van der Waals surface area contributed by atoms with Gasteiger partial charge in [0, 0.05) is 6.92 Å². The van der Waals surface area contributed by atoms with Crippen LogP contribution >= 0.6 is 0 Å². The average molecular weight is 235 g/mol. The van der Waals surface area contributed by atoms with Crippen molar-refractivity contribution in [3.05, 3.63) is 23.8 Å². The minimum absolute atomic E-state index is 0.00704. The van der Waals surface area contributed by atoms with Crippen LogP contribution in [0.5, 0.6) is 11.5 Å². The number of ether oxygens (including phenoxy) is 3. The Kier molecular flexibility index (Phi) is 4.82. The molecule has 5 nitrogen and oxygen atoms in total. The van der Waals surface area contributed by atoms with Crippen LogP contribution in [0.4, 0.5) is 0 Å². The highest BCUT2D eigenvalue weighted by molar-refractivity contribution is 5.65. The van der Waals surface area contributed by atoms with Crippen molar-refractivity contribution in [3.8, 4) is 17.6 Å². The zero-order valence-corrected chi connectivity index (χ0v) is 9.73. The summed E-state index contributed by atoms with van der Waals surface area (Å²) in [5.41, 5.74) is 0.840. The summed E-state index contributed by atoms with van der Waals surface area (Å²) in [6.45, 7) is 3.04. The van der Waals surface area contributed by atoms with Gasteiger partial charge in [-0.05, 0) is 30.7 Å². The van der Waals surface area contributed by atoms with Gasteiger partial charge in [-0.25, -0.2) is 0 Å². The van der Waals surface area contributed by atoms with E-state index >= 15 is 0 Å². The molecule has 90 valence electrons. The van der Waals surface area contributed by atoms with Crippen LogP contribution in [0, 0.1) is 18.3 Å². The molecule has 5 heteroatoms. The van der Waals surface area contributed by atoms with Gasteiger partial charge >= 0.3 is 5.97 Å². The van der Waals surface area contributed by atoms with Crippen molar-refractivity contribution < 1.29 is 19.0 Å². The van der Waals surface area contributed by atoms with Crippen LogP contribution in [0.15, 0.2) is 18.2 Å². The first-order chi connectivity index (χ1) is 8.13. The molecule has 0 heterocycles. The van der Waals surface area contributed by atoms with Crippen molar-refractivity contribution in [2.75, 3.05) is 13.4 Å². The summed E-state index contributed by atoms with van der Waals surface area (Å²) in [5.74, 6) is 0.816. The van der Waals surface area contributed by atoms with E-state index in [9.17, 15) is 4.79 Å². The largest absolute Gasteiger partial charge is 0.479 e. The number of nitriles is 1. The zero-order valence-electron chi connectivity index (χ0n) is 9.73. The van der Waals surface area contributed by atoms with Crippen LogP contribution in [0.2, 0.25) is 0 Å². The Morgan fingerprint density at radius 3 is 2.76 bits per heavy atom. The van der Waals surface area contributed by atoms with E-state index in [2.05, 4.69) is 4.74 Å². The van der Waals surface area contributed by atoms with Crippen LogP contribution in [-0.4, -0.2) is 19.4 Å². The van der Waals surface area contributed by atoms with E-state index in [-0.39, 0.29) is 13.4 Å². The Morgan fingerprint density at radius 1 is 1.41 bits per heavy atom. The number of carbonyl (C=O) groups is 1. The fourth-order valence-electron chi connectivity index (χ4n) is 1.17. The van der Waals surface area contributed by atoms with E-state index < -0.39 is 5.97 Å². The molecule has 0 spiro atoms. The highest BCUT2D eigenvalue weighted by Gasteiger charge is 2.02. The number of carbonyl (C=O) groups excluding carboxylic acids is 1. The Hall–Kier alpha value is -2.22. The second-order valence-electron chi connectivity index (χ2n) is 3.27. The van der Waals surface area contributed by atoms with E-state index in [4.69, 9.17) is 14.7 Å². The smallest absolute Gasteiger partial charge is 0.305 e. The molecule has 0 aliphatic rings. The Morgan fingerprint density at radius 2 is 2.18 bits per heavy atom. The summed E-state index contributed by atoms with van der Waals surface area (Å²) in [6, 6.07) is 7.02. The number of hydrogen-bond donors (Lipinski definition) is 0. The molecule has 0 fully saturated rings. The van der Waals surface area contributed by atoms with Gasteiger partial charge in [0.1, 0.15) is 17.6 Å². The third-order valence-electron chi connectivity index (χ3n) is 1.93. The summed E-state index contributed by atoms with van der Waals surface area (Å²) in [7, 11) is 0. The summed E-state index contributed by atoms with van der Waals surface area (Å²) >= 11 is 0. The number of hydrogen-bond acceptors (Lipinski definition) is 5. The van der Waals surface area contributed by atoms with Crippen molar-refractivity contribution in [3.63, 3.8) is 0 Å². The van der Waals surface area contributed by atoms with Crippen LogP contribution < -0.4 is 9.47 Å². The first-order valence-corrected chi connectivity index (χ1v) is 5.00. The molecular formula is C12H13NO4. The van der Waals surface area contributed by atoms with Gasteiger partial charge in [-0.1, -0.05) is 0 Å². The molecule has 0 bridgehead atoms. The fraction of sp³-hybridized carbons (Fsp3) is 0.333. The molecule has 1 aromatic carbocycles. The minimum atomic E-state index is -0.392. The van der Waals surface area contributed by atoms with Gasteiger partial charge < -0.3 is 14.2 Å². The monoisotopic (exact) mass is 235 g/mol. The quantitative estimate of drug-likeness (QED) is 0.575. The standard InChI is InChI=1S/C12H13NO4/c1-9-7-11(15-6-5-13)3-4-12(9)17-8-16-10(2)14/h3-4,7H,6,8H2,1-2H3. The maximum Gasteiger partial charge on any atom is 0.305 e. The molecule has 0 saturated carbocycles. The van der Waals surface area contributed by atoms with Gasteiger partial charge in [0.2, 0.25) is 6.79 Å². The lowest BCUT2D eigenvalue weighted by atomic mass is 10.2. The van der Waals surface area contributed by atoms with Gasteiger partial charge in [-0.3, -0.25) is 4.79 Å². The van der Waals surface area contributed by atoms with E-state index in [0.717, 1.165) is 5.56 Å². The molecule has 1 rings (SSSR count). The number of nitrogens with zero attached hydrogens (tertiary/aromatic N) is 1. The predicted octanol–water partition coefficient (Wildman–Crippen LogP) is 1.80. The molecule has 0 aromatic heterocycles. The normalized spacial score (nSPS) is 9.24. The van der Waals surface area contributed by atoms with E-state index in [1.807, 2.05) is 13.0 Å². The second kappa shape index (κ2) is 6.38. The van der Waals surface area contributed by atoms with Crippen molar-refractivity contribution in [2.45, 2.75) is 13.8 Å². The van der Waals surface area contributed by atoms with Crippen LogP contribution in [0.25, 0.3) is 0 Å². The molecular weight excluding hydrogens is 222 g/mol. The molecule has 0 aliphatic carbocycles. The van der Waals surface area contributed by atoms with Crippen LogP contribution in [0.1, 0.15) is 12.5 Å². The predicted molar refractivity (Wildman–Crippen MR) is 59.5 cm³/mol. The lowest BCUT2D eigenvalue weighted by molar-refractivity contribution is -0.147. The van der Waals surface area contributed by atoms with E-state index in [1.54, 1.807) is 18.2 Å². The van der Waals surface area contributed by atoms with Gasteiger partial charge in [0.05, 0.1) is 0 Å². The third-order valence-corrected chi connectivity index (χ3v) is 1.93. The number of rotatable bonds is 5. The minimum Gasteiger partial charge on any atom is -0.479 e. The molecule has 1 aromatic rings. The molecule has 0 aliphatic heterocycles. The van der Waals surface area contributed by atoms with Gasteiger partial charge in [-0.15, -0.1) is 0 Å². The molecule has 0 N–H and O–H groups in total. The summed E-state index contributed by atoms with van der Waals surface area (Å²) in [5, 5.41) is 8.37. The van der Waals surface area contributed by atoms with Crippen molar-refractivity contribution in [1.82, 2.24) is 0 Å². The Balaban J connectivity index is 2.57. The van der Waals surface area contributed by atoms with Crippen molar-refractivity contribution in [2.24, 2.45) is 0 Å². The lowest BCUT2D eigenvalue weighted by Crippen LogP contribution is -2.07. The van der Waals surface area contributed by atoms with Crippen molar-refractivity contribution in [1.29, 1.82) is 5.26 Å². The average Bonchev–Trinajstić information content (AvgIpc) is 2.28. The number of esters is 1. The summed E-state index contributed by atoms with van der Waals surface area (Å²) in [6.07, 6.45) is 0. The Labute approximate surface area is 99.5 Å². The van der Waals surface area contributed by atoms with Crippen LogP contribution in [0.3, 0.4) is 0 Å². The first-order valence-electron chi connectivity index (χ1n) is 5.00. The van der Waals surface area contributed by atoms with Gasteiger partial charge in [0.25, 0.3) is 0 Å². The summed E-state index contributed by atoms with van der Waals surface area (Å²) < 4.78 is 15.0. The molecule has 0 radical (unpaired) electrons. The topological polar surface area (TPSA) is 68.6 Å². The molecule has 0 atom stereocenters. The van der Waals surface area contributed by atoms with E-state index in [0.29, 0.717) is 11.5 Å². The summed E-state index contributed by atoms with van der Waals surface area (Å²) in [4.78, 5) is 10.5. The number of aryl methyl sites for hydroxylation is 1. The lowest BCUT2D eigenvalue weighted by Gasteiger charge is -2.10. The first kappa shape index (κ1) is 12.8. The maximum absolute atomic E-state index is 10.5. The second-order valence-corrected chi connectivity index (χ2v) is 3.27. The molecule has 17 heavy (non-hydrogen) atoms. The maximum atomic E-state index is 10.5. The number of benzene rings is 1. The highest BCUT2D eigenvalue weighted by Crippen LogP contribution is 2.23. The SMILES string of the molecule is CC(=O)OCOc1ccc(OCC#N)cc1C. The van der Waals surface area contributed by atoms with Crippen molar-refractivity contribution >= 4 is 5.97 Å². The van der Waals surface area contributed by atoms with Crippen LogP contribution in [-0.2, 0) is 9.53 Å². The van der Waals surface area contributed by atoms with Gasteiger partial charge in [0.15, 0.2) is 6.61 Å². The van der Waals surface area contributed by atoms with E-state index in [1.165, 1.54) is 6.92 Å². The highest BCUT2D eigenvalue weighted by atomic mass is 16.7. The molecule has 0 amide bonds. The molecule has 0 saturated heterocycles.